The summed E-state index contributed by atoms with van der Waals surface area (Å²) in [5.74, 6) is 1.70. The van der Waals surface area contributed by atoms with E-state index < -0.39 is 0 Å². The van der Waals surface area contributed by atoms with E-state index in [2.05, 4.69) is 27.9 Å². The lowest BCUT2D eigenvalue weighted by molar-refractivity contribution is 0.789. The van der Waals surface area contributed by atoms with Crippen LogP contribution in [0.25, 0.3) is 21.6 Å². The number of nitrogens with one attached hydrogen (secondary N) is 2. The third-order valence-electron chi connectivity index (χ3n) is 3.93. The molecule has 112 valence electrons. The Labute approximate surface area is 132 Å². The molecule has 3 aromatic rings. The first-order valence-corrected chi connectivity index (χ1v) is 8.33. The zero-order chi connectivity index (χ0) is 14.9. The highest BCUT2D eigenvalue weighted by molar-refractivity contribution is 7.18. The maximum Gasteiger partial charge on any atom is 0.162 e. The second kappa shape index (κ2) is 5.62. The monoisotopic (exact) mass is 311 g/mol. The number of thiophene rings is 1. The van der Waals surface area contributed by atoms with Crippen LogP contribution in [-0.4, -0.2) is 34.1 Å². The van der Waals surface area contributed by atoms with Crippen molar-refractivity contribution in [2.24, 2.45) is 0 Å². The van der Waals surface area contributed by atoms with Gasteiger partial charge >= 0.3 is 0 Å². The first kappa shape index (κ1) is 13.6. The number of hydrogen-bond donors (Lipinski definition) is 2. The molecule has 0 saturated carbocycles. The molecule has 3 aromatic heterocycles. The predicted octanol–water partition coefficient (Wildman–Crippen LogP) is 2.84. The first-order chi connectivity index (χ1) is 10.8. The van der Waals surface area contributed by atoms with Crippen LogP contribution in [0.4, 0.5) is 5.82 Å². The van der Waals surface area contributed by atoms with Gasteiger partial charge in [0.25, 0.3) is 0 Å². The van der Waals surface area contributed by atoms with Gasteiger partial charge in [-0.05, 0) is 43.0 Å². The maximum atomic E-state index is 4.78. The Morgan fingerprint density at radius 1 is 1.27 bits per heavy atom. The SMILES string of the molecule is Cc1csc2c(NC3CCNC3)nc(-c3ccncc3)nc12. The van der Waals surface area contributed by atoms with Gasteiger partial charge in [-0.3, -0.25) is 4.98 Å². The highest BCUT2D eigenvalue weighted by atomic mass is 32.1. The summed E-state index contributed by atoms with van der Waals surface area (Å²) >= 11 is 1.71. The van der Waals surface area contributed by atoms with E-state index in [1.807, 2.05) is 12.1 Å². The summed E-state index contributed by atoms with van der Waals surface area (Å²) in [5, 5.41) is 9.12. The topological polar surface area (TPSA) is 62.7 Å². The van der Waals surface area contributed by atoms with Crippen molar-refractivity contribution in [1.82, 2.24) is 20.3 Å². The molecule has 4 heterocycles. The van der Waals surface area contributed by atoms with Crippen molar-refractivity contribution in [1.29, 1.82) is 0 Å². The molecule has 5 nitrogen and oxygen atoms in total. The van der Waals surface area contributed by atoms with Gasteiger partial charge in [0, 0.05) is 30.5 Å². The Morgan fingerprint density at radius 2 is 2.14 bits per heavy atom. The Bertz CT molecular complexity index is 793. The van der Waals surface area contributed by atoms with Gasteiger partial charge in [-0.1, -0.05) is 0 Å². The van der Waals surface area contributed by atoms with Crippen LogP contribution in [0.5, 0.6) is 0 Å². The minimum atomic E-state index is 0.436. The molecule has 1 saturated heterocycles. The molecular formula is C16H17N5S. The molecule has 1 atom stereocenters. The fourth-order valence-electron chi connectivity index (χ4n) is 2.73. The fraction of sp³-hybridized carbons (Fsp3) is 0.312. The summed E-state index contributed by atoms with van der Waals surface area (Å²) in [6.45, 7) is 4.15. The number of aryl methyl sites for hydroxylation is 1. The quantitative estimate of drug-likeness (QED) is 0.779. The fourth-order valence-corrected chi connectivity index (χ4v) is 3.67. The molecule has 1 aliphatic heterocycles. The highest BCUT2D eigenvalue weighted by Crippen LogP contribution is 2.32. The normalized spacial score (nSPS) is 18.0. The lowest BCUT2D eigenvalue weighted by Gasteiger charge is -2.14. The molecule has 1 unspecified atom stereocenters. The van der Waals surface area contributed by atoms with E-state index in [9.17, 15) is 0 Å². The van der Waals surface area contributed by atoms with Crippen LogP contribution >= 0.6 is 11.3 Å². The largest absolute Gasteiger partial charge is 0.365 e. The van der Waals surface area contributed by atoms with Gasteiger partial charge in [-0.2, -0.15) is 0 Å². The molecule has 4 rings (SSSR count). The Morgan fingerprint density at radius 3 is 2.91 bits per heavy atom. The first-order valence-electron chi connectivity index (χ1n) is 7.45. The van der Waals surface area contributed by atoms with Crippen molar-refractivity contribution < 1.29 is 0 Å². The molecule has 6 heteroatoms. The average Bonchev–Trinajstić information content (AvgIpc) is 3.19. The van der Waals surface area contributed by atoms with Crippen LogP contribution in [0.1, 0.15) is 12.0 Å². The molecule has 1 aliphatic rings. The zero-order valence-corrected chi connectivity index (χ0v) is 13.2. The Hall–Kier alpha value is -2.05. The standard InChI is InChI=1S/C16H17N5S/c1-10-9-22-14-13(10)20-15(11-2-5-17-6-3-11)21-16(14)19-12-4-7-18-8-12/h2-3,5-6,9,12,18H,4,7-8H2,1H3,(H,19,20,21). The van der Waals surface area contributed by atoms with E-state index in [0.717, 1.165) is 46.9 Å². The van der Waals surface area contributed by atoms with Crippen molar-refractivity contribution in [3.63, 3.8) is 0 Å². The van der Waals surface area contributed by atoms with Crippen molar-refractivity contribution in [3.05, 3.63) is 35.5 Å². The summed E-state index contributed by atoms with van der Waals surface area (Å²) in [4.78, 5) is 13.6. The second-order valence-corrected chi connectivity index (χ2v) is 6.44. The second-order valence-electron chi connectivity index (χ2n) is 5.56. The number of aromatic nitrogens is 3. The van der Waals surface area contributed by atoms with Crippen LogP contribution in [0.15, 0.2) is 29.9 Å². The molecule has 0 bridgehead atoms. The van der Waals surface area contributed by atoms with Gasteiger partial charge in [0.15, 0.2) is 5.82 Å². The van der Waals surface area contributed by atoms with Crippen molar-refractivity contribution in [3.8, 4) is 11.4 Å². The minimum Gasteiger partial charge on any atom is -0.365 e. The molecule has 0 aromatic carbocycles. The van der Waals surface area contributed by atoms with Crippen LogP contribution in [0.2, 0.25) is 0 Å². The molecule has 0 amide bonds. The van der Waals surface area contributed by atoms with Crippen LogP contribution in [0, 0.1) is 6.92 Å². The molecule has 0 radical (unpaired) electrons. The maximum absolute atomic E-state index is 4.78. The summed E-state index contributed by atoms with van der Waals surface area (Å²) in [7, 11) is 0. The highest BCUT2D eigenvalue weighted by Gasteiger charge is 2.18. The Kier molecular flexibility index (Phi) is 3.48. The number of nitrogens with zero attached hydrogens (tertiary/aromatic N) is 3. The summed E-state index contributed by atoms with van der Waals surface area (Å²) in [6, 6.07) is 4.33. The van der Waals surface area contributed by atoms with Crippen molar-refractivity contribution >= 4 is 27.4 Å². The van der Waals surface area contributed by atoms with E-state index in [4.69, 9.17) is 9.97 Å². The minimum absolute atomic E-state index is 0.436. The lowest BCUT2D eigenvalue weighted by Crippen LogP contribution is -2.22. The summed E-state index contributed by atoms with van der Waals surface area (Å²) < 4.78 is 1.14. The number of anilines is 1. The van der Waals surface area contributed by atoms with Crippen LogP contribution < -0.4 is 10.6 Å². The zero-order valence-electron chi connectivity index (χ0n) is 12.3. The number of pyridine rings is 1. The van der Waals surface area contributed by atoms with Crippen molar-refractivity contribution in [2.45, 2.75) is 19.4 Å². The average molecular weight is 311 g/mol. The Balaban J connectivity index is 1.82. The smallest absolute Gasteiger partial charge is 0.162 e. The molecule has 2 N–H and O–H groups in total. The third kappa shape index (κ3) is 2.44. The lowest BCUT2D eigenvalue weighted by atomic mass is 10.2. The summed E-state index contributed by atoms with van der Waals surface area (Å²) in [5.41, 5.74) is 3.24. The summed E-state index contributed by atoms with van der Waals surface area (Å²) in [6.07, 6.45) is 4.68. The van der Waals surface area contributed by atoms with Gasteiger partial charge in [-0.25, -0.2) is 9.97 Å². The van der Waals surface area contributed by atoms with E-state index >= 15 is 0 Å². The van der Waals surface area contributed by atoms with Gasteiger partial charge in [-0.15, -0.1) is 11.3 Å². The van der Waals surface area contributed by atoms with Crippen molar-refractivity contribution in [2.75, 3.05) is 18.4 Å². The third-order valence-corrected chi connectivity index (χ3v) is 5.03. The van der Waals surface area contributed by atoms with Gasteiger partial charge in [0.1, 0.15) is 5.82 Å². The van der Waals surface area contributed by atoms with E-state index in [1.165, 1.54) is 5.56 Å². The van der Waals surface area contributed by atoms with Crippen LogP contribution in [0.3, 0.4) is 0 Å². The number of rotatable bonds is 3. The molecule has 1 fully saturated rings. The number of fused-ring (bicyclic) bond motifs is 1. The number of hydrogen-bond acceptors (Lipinski definition) is 6. The molecule has 22 heavy (non-hydrogen) atoms. The van der Waals surface area contributed by atoms with Gasteiger partial charge < -0.3 is 10.6 Å². The van der Waals surface area contributed by atoms with E-state index in [1.54, 1.807) is 23.7 Å². The molecular weight excluding hydrogens is 294 g/mol. The van der Waals surface area contributed by atoms with E-state index in [-0.39, 0.29) is 0 Å². The van der Waals surface area contributed by atoms with Gasteiger partial charge in [0.2, 0.25) is 0 Å². The van der Waals surface area contributed by atoms with Gasteiger partial charge in [0.05, 0.1) is 10.2 Å². The van der Waals surface area contributed by atoms with Crippen LogP contribution in [-0.2, 0) is 0 Å². The molecule has 0 aliphatic carbocycles. The molecule has 0 spiro atoms. The predicted molar refractivity (Wildman–Crippen MR) is 90.3 cm³/mol. The van der Waals surface area contributed by atoms with E-state index in [0.29, 0.717) is 6.04 Å².